The van der Waals surface area contributed by atoms with Crippen molar-refractivity contribution in [3.05, 3.63) is 52.1 Å². The van der Waals surface area contributed by atoms with Crippen molar-refractivity contribution in [2.24, 2.45) is 0 Å². The molecule has 4 heteroatoms. The molecule has 0 radical (unpaired) electrons. The lowest BCUT2D eigenvalue weighted by Gasteiger charge is -2.07. The average molecular weight is 313 g/mol. The number of benzene rings is 1. The van der Waals surface area contributed by atoms with E-state index in [1.165, 1.54) is 0 Å². The molecule has 0 fully saturated rings. The summed E-state index contributed by atoms with van der Waals surface area (Å²) in [7, 11) is 0. The van der Waals surface area contributed by atoms with Gasteiger partial charge in [0.25, 0.3) is 0 Å². The highest BCUT2D eigenvalue weighted by Gasteiger charge is 2.02. The van der Waals surface area contributed by atoms with Crippen LogP contribution >= 0.6 is 27.5 Å². The summed E-state index contributed by atoms with van der Waals surface area (Å²) < 4.78 is 6.68. The number of rotatable bonds is 3. The Bertz CT molecular complexity index is 513. The minimum atomic E-state index is 0.458. The van der Waals surface area contributed by atoms with Gasteiger partial charge in [0.1, 0.15) is 5.75 Å². The molecule has 88 valence electrons. The molecule has 0 N–H and O–H groups in total. The van der Waals surface area contributed by atoms with Gasteiger partial charge in [-0.2, -0.15) is 0 Å². The van der Waals surface area contributed by atoms with Crippen LogP contribution in [0.1, 0.15) is 11.3 Å². The lowest BCUT2D eigenvalue weighted by Crippen LogP contribution is -1.92. The highest BCUT2D eigenvalue weighted by atomic mass is 79.9. The van der Waals surface area contributed by atoms with E-state index < -0.39 is 0 Å². The Morgan fingerprint density at radius 1 is 1.24 bits per heavy atom. The van der Waals surface area contributed by atoms with E-state index in [4.69, 9.17) is 16.3 Å². The first-order valence-corrected chi connectivity index (χ1v) is 6.47. The van der Waals surface area contributed by atoms with Crippen LogP contribution in [0.25, 0.3) is 0 Å². The quantitative estimate of drug-likeness (QED) is 0.767. The zero-order valence-electron chi connectivity index (χ0n) is 9.28. The molecule has 1 heterocycles. The summed E-state index contributed by atoms with van der Waals surface area (Å²) in [6.45, 7) is 1.92. The maximum Gasteiger partial charge on any atom is 0.219 e. The number of halogens is 2. The summed E-state index contributed by atoms with van der Waals surface area (Å²) in [6, 6.07) is 11.4. The van der Waals surface area contributed by atoms with Crippen molar-refractivity contribution in [2.45, 2.75) is 12.8 Å². The van der Waals surface area contributed by atoms with Crippen LogP contribution in [0.4, 0.5) is 0 Å². The van der Waals surface area contributed by atoms with E-state index in [-0.39, 0.29) is 0 Å². The number of nitrogens with zero attached hydrogens (tertiary/aromatic N) is 1. The van der Waals surface area contributed by atoms with Crippen LogP contribution in [0.5, 0.6) is 11.6 Å². The first kappa shape index (κ1) is 12.4. The van der Waals surface area contributed by atoms with Gasteiger partial charge in [0.15, 0.2) is 0 Å². The summed E-state index contributed by atoms with van der Waals surface area (Å²) in [5.41, 5.74) is 1.90. The maximum absolute atomic E-state index is 5.81. The second-order valence-electron chi connectivity index (χ2n) is 3.64. The molecular formula is C13H11BrClNO. The maximum atomic E-state index is 5.81. The fourth-order valence-electron chi connectivity index (χ4n) is 1.46. The van der Waals surface area contributed by atoms with Crippen LogP contribution < -0.4 is 4.74 Å². The van der Waals surface area contributed by atoms with Crippen molar-refractivity contribution >= 4 is 27.5 Å². The van der Waals surface area contributed by atoms with E-state index in [0.29, 0.717) is 11.8 Å². The van der Waals surface area contributed by atoms with Gasteiger partial charge in [-0.05, 0) is 42.8 Å². The predicted molar refractivity (Wildman–Crippen MR) is 72.7 cm³/mol. The first-order valence-electron chi connectivity index (χ1n) is 5.14. The molecule has 17 heavy (non-hydrogen) atoms. The van der Waals surface area contributed by atoms with Crippen LogP contribution in [-0.4, -0.2) is 4.98 Å². The van der Waals surface area contributed by atoms with Crippen LogP contribution in [-0.2, 0) is 5.88 Å². The van der Waals surface area contributed by atoms with E-state index in [0.717, 1.165) is 21.5 Å². The van der Waals surface area contributed by atoms with Gasteiger partial charge in [0.2, 0.25) is 5.88 Å². The second-order valence-corrected chi connectivity index (χ2v) is 4.83. The third kappa shape index (κ3) is 3.45. The molecule has 0 aliphatic rings. The van der Waals surface area contributed by atoms with E-state index in [2.05, 4.69) is 20.9 Å². The monoisotopic (exact) mass is 311 g/mol. The summed E-state index contributed by atoms with van der Waals surface area (Å²) in [4.78, 5) is 4.31. The third-order valence-electron chi connectivity index (χ3n) is 2.18. The SMILES string of the molecule is Cc1cc(CCl)cc(Oc2ccc(Br)cc2)n1. The Balaban J connectivity index is 2.23. The van der Waals surface area contributed by atoms with Gasteiger partial charge in [-0.15, -0.1) is 11.6 Å². The molecule has 0 saturated carbocycles. The molecule has 0 unspecified atom stereocenters. The normalized spacial score (nSPS) is 10.3. The molecule has 2 rings (SSSR count). The van der Waals surface area contributed by atoms with Gasteiger partial charge >= 0.3 is 0 Å². The van der Waals surface area contributed by atoms with E-state index in [9.17, 15) is 0 Å². The number of alkyl halides is 1. The topological polar surface area (TPSA) is 22.1 Å². The number of hydrogen-bond acceptors (Lipinski definition) is 2. The third-order valence-corrected chi connectivity index (χ3v) is 3.02. The molecular weight excluding hydrogens is 302 g/mol. The summed E-state index contributed by atoms with van der Waals surface area (Å²) >= 11 is 9.18. The zero-order chi connectivity index (χ0) is 12.3. The highest BCUT2D eigenvalue weighted by Crippen LogP contribution is 2.23. The Kier molecular flexibility index (Phi) is 4.02. The van der Waals surface area contributed by atoms with Crippen molar-refractivity contribution in [1.29, 1.82) is 0 Å². The lowest BCUT2D eigenvalue weighted by atomic mass is 10.2. The van der Waals surface area contributed by atoms with Gasteiger partial charge in [-0.3, -0.25) is 0 Å². The predicted octanol–water partition coefficient (Wildman–Crippen LogP) is 4.68. The van der Waals surface area contributed by atoms with Gasteiger partial charge in [-0.1, -0.05) is 15.9 Å². The van der Waals surface area contributed by atoms with Crippen LogP contribution in [0.3, 0.4) is 0 Å². The van der Waals surface area contributed by atoms with Crippen LogP contribution in [0.2, 0.25) is 0 Å². The number of aryl methyl sites for hydroxylation is 1. The smallest absolute Gasteiger partial charge is 0.219 e. The largest absolute Gasteiger partial charge is 0.439 e. The minimum absolute atomic E-state index is 0.458. The fourth-order valence-corrected chi connectivity index (χ4v) is 1.88. The van der Waals surface area contributed by atoms with Crippen molar-refractivity contribution < 1.29 is 4.74 Å². The standard InChI is InChI=1S/C13H11BrClNO/c1-9-6-10(8-15)7-13(16-9)17-12-4-2-11(14)3-5-12/h2-7H,8H2,1H3. The summed E-state index contributed by atoms with van der Waals surface area (Å²) in [6.07, 6.45) is 0. The number of aromatic nitrogens is 1. The first-order chi connectivity index (χ1) is 8.17. The van der Waals surface area contributed by atoms with Crippen molar-refractivity contribution in [1.82, 2.24) is 4.98 Å². The molecule has 0 spiro atoms. The molecule has 0 bridgehead atoms. The van der Waals surface area contributed by atoms with Gasteiger partial charge in [0, 0.05) is 22.1 Å². The summed E-state index contributed by atoms with van der Waals surface area (Å²) in [5.74, 6) is 1.79. The lowest BCUT2D eigenvalue weighted by molar-refractivity contribution is 0.461. The Morgan fingerprint density at radius 3 is 2.59 bits per heavy atom. The second kappa shape index (κ2) is 5.52. The molecule has 2 aromatic rings. The molecule has 1 aromatic carbocycles. The zero-order valence-corrected chi connectivity index (χ0v) is 11.6. The molecule has 0 aliphatic carbocycles. The van der Waals surface area contributed by atoms with Crippen LogP contribution in [0.15, 0.2) is 40.9 Å². The van der Waals surface area contributed by atoms with Crippen LogP contribution in [0, 0.1) is 6.92 Å². The number of hydrogen-bond donors (Lipinski definition) is 0. The summed E-state index contributed by atoms with van der Waals surface area (Å²) in [5, 5.41) is 0. The Morgan fingerprint density at radius 2 is 1.94 bits per heavy atom. The highest BCUT2D eigenvalue weighted by molar-refractivity contribution is 9.10. The Hall–Kier alpha value is -1.06. The van der Waals surface area contributed by atoms with Gasteiger partial charge in [0.05, 0.1) is 0 Å². The molecule has 0 atom stereocenters. The fraction of sp³-hybridized carbons (Fsp3) is 0.154. The van der Waals surface area contributed by atoms with Gasteiger partial charge in [-0.25, -0.2) is 4.98 Å². The molecule has 0 aliphatic heterocycles. The van der Waals surface area contributed by atoms with E-state index in [1.54, 1.807) is 0 Å². The average Bonchev–Trinajstić information content (AvgIpc) is 2.31. The number of ether oxygens (including phenoxy) is 1. The Labute approximate surface area is 114 Å². The minimum Gasteiger partial charge on any atom is -0.439 e. The molecule has 0 saturated heterocycles. The van der Waals surface area contributed by atoms with E-state index in [1.807, 2.05) is 43.3 Å². The molecule has 0 amide bonds. The van der Waals surface area contributed by atoms with Crippen molar-refractivity contribution in [3.63, 3.8) is 0 Å². The molecule has 2 nitrogen and oxygen atoms in total. The van der Waals surface area contributed by atoms with E-state index >= 15 is 0 Å². The van der Waals surface area contributed by atoms with Gasteiger partial charge < -0.3 is 4.74 Å². The number of pyridine rings is 1. The van der Waals surface area contributed by atoms with Crippen molar-refractivity contribution in [2.75, 3.05) is 0 Å². The van der Waals surface area contributed by atoms with Crippen molar-refractivity contribution in [3.8, 4) is 11.6 Å². The molecule has 1 aromatic heterocycles.